The molecular formula is C19H29N3O5S. The van der Waals surface area contributed by atoms with Gasteiger partial charge in [-0.25, -0.2) is 13.2 Å². The highest BCUT2D eigenvalue weighted by molar-refractivity contribution is 7.89. The van der Waals surface area contributed by atoms with Crippen molar-refractivity contribution in [1.29, 1.82) is 0 Å². The van der Waals surface area contributed by atoms with E-state index in [0.717, 1.165) is 22.7 Å². The van der Waals surface area contributed by atoms with E-state index >= 15 is 0 Å². The summed E-state index contributed by atoms with van der Waals surface area (Å²) in [4.78, 5) is 24.7. The molecule has 1 aromatic rings. The average molecular weight is 413 g/mol. The highest BCUT2D eigenvalue weighted by Crippen LogP contribution is 2.19. The number of carbonyl (C=O) groups is 2. The molecule has 1 aliphatic rings. The number of nitrogens with one attached hydrogen (secondary N) is 2. The molecule has 2 rings (SSSR count). The second kappa shape index (κ2) is 9.99. The number of hydrogen-bond donors (Lipinski definition) is 2. The molecule has 0 radical (unpaired) electrons. The molecular weight excluding hydrogens is 382 g/mol. The van der Waals surface area contributed by atoms with E-state index in [4.69, 9.17) is 6.15 Å². The van der Waals surface area contributed by atoms with Crippen LogP contribution in [0.4, 0.5) is 0 Å². The average Bonchev–Trinajstić information content (AvgIpc) is 2.68. The van der Waals surface area contributed by atoms with Crippen molar-refractivity contribution in [2.75, 3.05) is 33.8 Å². The van der Waals surface area contributed by atoms with E-state index in [2.05, 4.69) is 5.32 Å². The van der Waals surface area contributed by atoms with Crippen LogP contribution in [0.1, 0.15) is 24.8 Å². The number of benzene rings is 1. The lowest BCUT2D eigenvalue weighted by Gasteiger charge is -2.27. The van der Waals surface area contributed by atoms with Crippen LogP contribution in [0.25, 0.3) is 0 Å². The van der Waals surface area contributed by atoms with Gasteiger partial charge >= 0.3 is 5.97 Å². The van der Waals surface area contributed by atoms with Crippen LogP contribution >= 0.6 is 0 Å². The number of carbonyl (C=O) groups excluding carboxylic acids is 2. The van der Waals surface area contributed by atoms with Crippen LogP contribution < -0.4 is 10.6 Å². The zero-order chi connectivity index (χ0) is 21.6. The number of aryl methyl sites for hydroxylation is 1. The molecule has 9 heteroatoms. The number of sulfonamides is 1. The third kappa shape index (κ3) is 6.02. The number of amides is 1. The Morgan fingerprint density at radius 2 is 1.93 bits per heavy atom. The van der Waals surface area contributed by atoms with Gasteiger partial charge in [0.15, 0.2) is 0 Å². The Morgan fingerprint density at radius 3 is 2.50 bits per heavy atom. The van der Waals surface area contributed by atoms with E-state index in [-0.39, 0.29) is 10.8 Å². The molecule has 0 unspecified atom stereocenters. The summed E-state index contributed by atoms with van der Waals surface area (Å²) in [5.41, 5.74) is 0.932. The van der Waals surface area contributed by atoms with Gasteiger partial charge in [-0.2, -0.15) is 4.31 Å². The Kier molecular flexibility index (Phi) is 7.41. The maximum absolute atomic E-state index is 12.6. The number of nitrogens with zero attached hydrogens (tertiary/aromatic N) is 1. The third-order valence-electron chi connectivity index (χ3n) is 4.88. The van der Waals surface area contributed by atoms with Gasteiger partial charge in [-0.15, -0.1) is 0 Å². The minimum absolute atomic E-state index is 0.102. The normalized spacial score (nSPS) is 17.8. The quantitative estimate of drug-likeness (QED) is 0.608. The molecule has 1 amide bonds. The summed E-state index contributed by atoms with van der Waals surface area (Å²) in [7, 11) is -1.24. The Hall–Kier alpha value is -1.97. The van der Waals surface area contributed by atoms with E-state index in [9.17, 15) is 18.0 Å². The van der Waals surface area contributed by atoms with E-state index < -0.39 is 34.5 Å². The molecule has 28 heavy (non-hydrogen) atoms. The first-order chi connectivity index (χ1) is 13.6. The van der Waals surface area contributed by atoms with Gasteiger partial charge in [0.25, 0.3) is 0 Å². The molecule has 156 valence electrons. The Morgan fingerprint density at radius 1 is 1.32 bits per heavy atom. The topological polar surface area (TPSA) is 105 Å². The van der Waals surface area contributed by atoms with E-state index in [1.54, 1.807) is 12.1 Å². The van der Waals surface area contributed by atoms with Crippen LogP contribution in [0, 0.1) is 12.8 Å². The van der Waals surface area contributed by atoms with Crippen LogP contribution in [0.5, 0.6) is 0 Å². The summed E-state index contributed by atoms with van der Waals surface area (Å²) >= 11 is 0. The van der Waals surface area contributed by atoms with E-state index in [1.165, 1.54) is 31.6 Å². The predicted molar refractivity (Wildman–Crippen MR) is 105 cm³/mol. The molecule has 1 atom stereocenters. The molecule has 1 saturated heterocycles. The Bertz CT molecular complexity index is 808. The van der Waals surface area contributed by atoms with Gasteiger partial charge in [0.2, 0.25) is 15.9 Å². The minimum atomic E-state index is -3.82. The molecule has 0 aliphatic carbocycles. The van der Waals surface area contributed by atoms with Gasteiger partial charge in [-0.3, -0.25) is 4.79 Å². The van der Waals surface area contributed by atoms with Gasteiger partial charge in [-0.1, -0.05) is 17.7 Å². The summed E-state index contributed by atoms with van der Waals surface area (Å²) in [6.07, 6.45) is 1.92. The van der Waals surface area contributed by atoms with Gasteiger partial charge in [0, 0.05) is 7.05 Å². The van der Waals surface area contributed by atoms with Crippen LogP contribution in [0.15, 0.2) is 29.2 Å². The van der Waals surface area contributed by atoms with Crippen molar-refractivity contribution < 1.29 is 24.2 Å². The Labute approximate surface area is 168 Å². The molecule has 0 saturated carbocycles. The summed E-state index contributed by atoms with van der Waals surface area (Å²) < 4.78 is 38.6. The Balaban J connectivity index is 1.99. The predicted octanol–water partition coefficient (Wildman–Crippen LogP) is 0.663. The van der Waals surface area contributed by atoms with Crippen molar-refractivity contribution >= 4 is 21.9 Å². The number of piperidine rings is 1. The van der Waals surface area contributed by atoms with Crippen LogP contribution in [0.3, 0.4) is 0 Å². The maximum atomic E-state index is 12.6. The van der Waals surface area contributed by atoms with Gasteiger partial charge in [0.1, 0.15) is 7.45 Å². The molecule has 0 spiro atoms. The summed E-state index contributed by atoms with van der Waals surface area (Å²) in [5.74, 6) is -0.942. The minimum Gasteiger partial charge on any atom is -0.467 e. The van der Waals surface area contributed by atoms with E-state index in [0.29, 0.717) is 19.5 Å². The van der Waals surface area contributed by atoms with Crippen LogP contribution in [-0.4, -0.2) is 64.4 Å². The number of rotatable bonds is 8. The number of hydrogen-bond acceptors (Lipinski definition) is 6. The zero-order valence-electron chi connectivity index (χ0n) is 17.6. The fraction of sp³-hybridized carbons (Fsp3) is 0.579. The van der Waals surface area contributed by atoms with Crippen molar-refractivity contribution in [3.05, 3.63) is 29.8 Å². The number of methoxy groups -OCH3 is 1. The zero-order valence-corrected chi connectivity index (χ0v) is 17.4. The second-order valence-electron chi connectivity index (χ2n) is 7.07. The smallest absolute Gasteiger partial charge is 0.328 e. The number of esters is 1. The van der Waals surface area contributed by atoms with Crippen molar-refractivity contribution in [3.8, 4) is 0 Å². The van der Waals surface area contributed by atoms with Crippen LogP contribution in [0.2, 0.25) is 1.41 Å². The second-order valence-corrected chi connectivity index (χ2v) is 9.11. The molecule has 0 bridgehead atoms. The summed E-state index contributed by atoms with van der Waals surface area (Å²) in [6.45, 7) is 2.68. The van der Waals surface area contributed by atoms with Crippen molar-refractivity contribution in [3.63, 3.8) is 0 Å². The molecule has 1 aromatic carbocycles. The summed E-state index contributed by atoms with van der Waals surface area (Å²) in [5, 5.41) is 4.09. The van der Waals surface area contributed by atoms with Crippen molar-refractivity contribution in [2.24, 2.45) is 5.92 Å². The monoisotopic (exact) mass is 412 g/mol. The molecule has 2 N–H and O–H groups in total. The highest BCUT2D eigenvalue weighted by atomic mass is 32.2. The molecule has 0 aromatic heterocycles. The standard InChI is InChI=1S/C19H29N3O5S/c1-14-4-6-16(7-5-14)28(25,26)22(2)13-18(23)21-17(19(24)27-3)12-15-8-10-20-11-9-15/h4-7,15,17,20H,8-13H2,1-3H3,(H,21,23)/t17-/m0/s1/i/hD. The first kappa shape index (κ1) is 20.8. The highest BCUT2D eigenvalue weighted by Gasteiger charge is 2.28. The van der Waals surface area contributed by atoms with Gasteiger partial charge < -0.3 is 15.4 Å². The number of likely N-dealkylation sites (N-methyl/N-ethyl adjacent to an activating group) is 1. The lowest BCUT2D eigenvalue weighted by atomic mass is 9.91. The SMILES string of the molecule is [2H]N1CCC(C[C@H](NC(=O)CN(C)S(=O)(=O)c2ccc(C)cc2)C(=O)OC)CC1. The number of ether oxygens (including phenoxy) is 1. The lowest BCUT2D eigenvalue weighted by molar-refractivity contribution is -0.145. The third-order valence-corrected chi connectivity index (χ3v) is 6.69. The van der Waals surface area contributed by atoms with E-state index in [1.807, 2.05) is 6.92 Å². The molecule has 8 nitrogen and oxygen atoms in total. The van der Waals surface area contributed by atoms with Gasteiger partial charge in [0.05, 0.1) is 18.6 Å². The lowest BCUT2D eigenvalue weighted by Crippen LogP contribution is -2.47. The van der Waals surface area contributed by atoms with Crippen molar-refractivity contribution in [1.82, 2.24) is 14.9 Å². The largest absolute Gasteiger partial charge is 0.467 e. The first-order valence-electron chi connectivity index (χ1n) is 9.72. The fourth-order valence-electron chi connectivity index (χ4n) is 3.15. The summed E-state index contributed by atoms with van der Waals surface area (Å²) in [6, 6.07) is 5.53. The molecule has 1 fully saturated rings. The maximum Gasteiger partial charge on any atom is 0.328 e. The fourth-order valence-corrected chi connectivity index (χ4v) is 4.27. The van der Waals surface area contributed by atoms with Crippen molar-refractivity contribution in [2.45, 2.75) is 37.1 Å². The molecule has 1 heterocycles. The van der Waals surface area contributed by atoms with Crippen LogP contribution in [-0.2, 0) is 24.3 Å². The first-order valence-corrected chi connectivity index (χ1v) is 10.7. The van der Waals surface area contributed by atoms with Gasteiger partial charge in [-0.05, 0) is 57.3 Å². The molecule has 1 aliphatic heterocycles.